The highest BCUT2D eigenvalue weighted by molar-refractivity contribution is 5.53. The van der Waals surface area contributed by atoms with E-state index in [0.29, 0.717) is 0 Å². The van der Waals surface area contributed by atoms with Crippen LogP contribution in [0, 0.1) is 0 Å². The predicted octanol–water partition coefficient (Wildman–Crippen LogP) is 2.10. The van der Waals surface area contributed by atoms with Crippen LogP contribution in [0.2, 0.25) is 0 Å². The van der Waals surface area contributed by atoms with Crippen LogP contribution in [0.5, 0.6) is 0 Å². The number of aromatic nitrogens is 4. The average Bonchev–Trinajstić information content (AvgIpc) is 2.67. The highest BCUT2D eigenvalue weighted by Crippen LogP contribution is 2.22. The van der Waals surface area contributed by atoms with Gasteiger partial charge in [-0.15, -0.1) is 10.2 Å². The molecule has 0 radical (unpaired) electrons. The second-order valence-corrected chi connectivity index (χ2v) is 4.43. The van der Waals surface area contributed by atoms with Crippen molar-refractivity contribution in [1.82, 2.24) is 19.7 Å². The van der Waals surface area contributed by atoms with Crippen LogP contribution >= 0.6 is 0 Å². The summed E-state index contributed by atoms with van der Waals surface area (Å²) in [5.74, 6) is 0.880. The number of nitrogens with zero attached hydrogens (tertiary/aromatic N) is 4. The minimum absolute atomic E-state index is 0.0118. The third kappa shape index (κ3) is 1.88. The van der Waals surface area contributed by atoms with E-state index in [1.54, 1.807) is 18.7 Å². The molecule has 0 N–H and O–H groups in total. The zero-order valence-electron chi connectivity index (χ0n) is 9.18. The molecule has 0 saturated carbocycles. The molecule has 0 amide bonds. The van der Waals surface area contributed by atoms with Crippen LogP contribution in [-0.2, 0) is 5.54 Å². The average molecular weight is 202 g/mol. The molecule has 4 heteroatoms. The number of rotatable bonds is 1. The van der Waals surface area contributed by atoms with Gasteiger partial charge in [-0.05, 0) is 32.9 Å². The Kier molecular flexibility index (Phi) is 2.26. The van der Waals surface area contributed by atoms with Gasteiger partial charge in [-0.25, -0.2) is 0 Å². The molecule has 0 aliphatic rings. The van der Waals surface area contributed by atoms with Gasteiger partial charge in [-0.3, -0.25) is 4.98 Å². The molecule has 0 aliphatic heterocycles. The summed E-state index contributed by atoms with van der Waals surface area (Å²) in [5.41, 5.74) is 1.03. The van der Waals surface area contributed by atoms with E-state index in [2.05, 4.69) is 40.5 Å². The van der Waals surface area contributed by atoms with Crippen LogP contribution in [0.4, 0.5) is 0 Å². The van der Waals surface area contributed by atoms with E-state index >= 15 is 0 Å². The third-order valence-electron chi connectivity index (χ3n) is 2.21. The summed E-state index contributed by atoms with van der Waals surface area (Å²) in [4.78, 5) is 3.99. The molecule has 15 heavy (non-hydrogen) atoms. The van der Waals surface area contributed by atoms with Crippen molar-refractivity contribution in [2.75, 3.05) is 0 Å². The van der Waals surface area contributed by atoms with E-state index in [4.69, 9.17) is 0 Å². The van der Waals surface area contributed by atoms with E-state index in [0.717, 1.165) is 11.4 Å². The first-order valence-electron chi connectivity index (χ1n) is 4.90. The SMILES string of the molecule is CC(C)(C)n1cnnc1-c1ccncc1. The third-order valence-corrected chi connectivity index (χ3v) is 2.21. The van der Waals surface area contributed by atoms with Crippen LogP contribution in [0.25, 0.3) is 11.4 Å². The zero-order valence-corrected chi connectivity index (χ0v) is 9.18. The van der Waals surface area contributed by atoms with Crippen molar-refractivity contribution in [3.63, 3.8) is 0 Å². The molecule has 2 aromatic rings. The fraction of sp³-hybridized carbons (Fsp3) is 0.364. The van der Waals surface area contributed by atoms with Crippen LogP contribution in [0.1, 0.15) is 20.8 Å². The molecule has 2 rings (SSSR count). The Hall–Kier alpha value is -1.71. The van der Waals surface area contributed by atoms with Crippen molar-refractivity contribution in [1.29, 1.82) is 0 Å². The van der Waals surface area contributed by atoms with Crippen LogP contribution in [-0.4, -0.2) is 19.7 Å². The molecule has 0 bridgehead atoms. The number of hydrogen-bond donors (Lipinski definition) is 0. The topological polar surface area (TPSA) is 43.6 Å². The van der Waals surface area contributed by atoms with Crippen molar-refractivity contribution in [2.24, 2.45) is 0 Å². The standard InChI is InChI=1S/C11H14N4/c1-11(2,3)15-8-13-14-10(15)9-4-6-12-7-5-9/h4-8H,1-3H3. The van der Waals surface area contributed by atoms with Gasteiger partial charge in [0, 0.05) is 23.5 Å². The molecule has 0 saturated heterocycles. The quantitative estimate of drug-likeness (QED) is 0.711. The van der Waals surface area contributed by atoms with E-state index in [9.17, 15) is 0 Å². The van der Waals surface area contributed by atoms with E-state index < -0.39 is 0 Å². The summed E-state index contributed by atoms with van der Waals surface area (Å²) in [7, 11) is 0. The highest BCUT2D eigenvalue weighted by atomic mass is 15.3. The summed E-state index contributed by atoms with van der Waals surface area (Å²) < 4.78 is 2.06. The second-order valence-electron chi connectivity index (χ2n) is 4.43. The van der Waals surface area contributed by atoms with Gasteiger partial charge in [0.2, 0.25) is 0 Å². The summed E-state index contributed by atoms with van der Waals surface area (Å²) >= 11 is 0. The molecule has 2 heterocycles. The second kappa shape index (κ2) is 3.46. The van der Waals surface area contributed by atoms with Gasteiger partial charge in [-0.2, -0.15) is 0 Å². The maximum absolute atomic E-state index is 4.14. The van der Waals surface area contributed by atoms with E-state index in [1.807, 2.05) is 12.1 Å². The van der Waals surface area contributed by atoms with Crippen molar-refractivity contribution in [3.05, 3.63) is 30.9 Å². The van der Waals surface area contributed by atoms with Crippen molar-refractivity contribution >= 4 is 0 Å². The predicted molar refractivity (Wildman–Crippen MR) is 58.2 cm³/mol. The molecule has 0 atom stereocenters. The fourth-order valence-electron chi connectivity index (χ4n) is 1.42. The lowest BCUT2D eigenvalue weighted by Crippen LogP contribution is -2.21. The molecule has 78 valence electrons. The van der Waals surface area contributed by atoms with Crippen molar-refractivity contribution in [2.45, 2.75) is 26.3 Å². The van der Waals surface area contributed by atoms with E-state index in [-0.39, 0.29) is 5.54 Å². The Morgan fingerprint density at radius 1 is 1.13 bits per heavy atom. The Balaban J connectivity index is 2.51. The summed E-state index contributed by atoms with van der Waals surface area (Å²) in [5, 5.41) is 8.10. The molecule has 4 nitrogen and oxygen atoms in total. The van der Waals surface area contributed by atoms with Gasteiger partial charge < -0.3 is 4.57 Å². The summed E-state index contributed by atoms with van der Waals surface area (Å²) in [6.07, 6.45) is 5.28. The Morgan fingerprint density at radius 2 is 1.80 bits per heavy atom. The number of pyridine rings is 1. The van der Waals surface area contributed by atoms with Crippen LogP contribution in [0.15, 0.2) is 30.9 Å². The summed E-state index contributed by atoms with van der Waals surface area (Å²) in [6, 6.07) is 3.87. The Labute approximate surface area is 89.0 Å². The van der Waals surface area contributed by atoms with Gasteiger partial charge in [0.1, 0.15) is 6.33 Å². The highest BCUT2D eigenvalue weighted by Gasteiger charge is 2.18. The normalized spacial score (nSPS) is 11.7. The van der Waals surface area contributed by atoms with E-state index in [1.165, 1.54) is 0 Å². The first-order chi connectivity index (χ1) is 7.09. The zero-order chi connectivity index (χ0) is 10.9. The van der Waals surface area contributed by atoms with Gasteiger partial charge in [-0.1, -0.05) is 0 Å². The monoisotopic (exact) mass is 202 g/mol. The van der Waals surface area contributed by atoms with Gasteiger partial charge in [0.15, 0.2) is 5.82 Å². The molecule has 0 aliphatic carbocycles. The van der Waals surface area contributed by atoms with Gasteiger partial charge >= 0.3 is 0 Å². The minimum Gasteiger partial charge on any atom is -0.308 e. The minimum atomic E-state index is -0.0118. The molecular weight excluding hydrogens is 188 g/mol. The van der Waals surface area contributed by atoms with Crippen LogP contribution in [0.3, 0.4) is 0 Å². The lowest BCUT2D eigenvalue weighted by atomic mass is 10.1. The Morgan fingerprint density at radius 3 is 2.40 bits per heavy atom. The van der Waals surface area contributed by atoms with Crippen molar-refractivity contribution < 1.29 is 0 Å². The largest absolute Gasteiger partial charge is 0.308 e. The fourth-order valence-corrected chi connectivity index (χ4v) is 1.42. The first kappa shape index (κ1) is 9.83. The van der Waals surface area contributed by atoms with Crippen molar-refractivity contribution in [3.8, 4) is 11.4 Å². The number of hydrogen-bond acceptors (Lipinski definition) is 3. The maximum Gasteiger partial charge on any atom is 0.164 e. The molecule has 0 unspecified atom stereocenters. The smallest absolute Gasteiger partial charge is 0.164 e. The molecule has 2 aromatic heterocycles. The van der Waals surface area contributed by atoms with Gasteiger partial charge in [0.05, 0.1) is 0 Å². The Bertz CT molecular complexity index is 439. The first-order valence-corrected chi connectivity index (χ1v) is 4.90. The maximum atomic E-state index is 4.14. The lowest BCUT2D eigenvalue weighted by Gasteiger charge is -2.22. The molecular formula is C11H14N4. The molecule has 0 spiro atoms. The van der Waals surface area contributed by atoms with Gasteiger partial charge in [0.25, 0.3) is 0 Å². The molecule has 0 fully saturated rings. The van der Waals surface area contributed by atoms with Crippen LogP contribution < -0.4 is 0 Å². The summed E-state index contributed by atoms with van der Waals surface area (Å²) in [6.45, 7) is 6.38. The molecule has 0 aromatic carbocycles. The lowest BCUT2D eigenvalue weighted by molar-refractivity contribution is 0.400.